The Labute approximate surface area is 173 Å². The standard InChI is InChI=1S/C23H23FN4O2/c1-27-20-6-5-15(11-16(20)12-25-27)13-28-14-18(22-19(24)3-2-4-21(22)28)23(29)26-17-7-9-30-10-8-17/h2-6,11-12,14,17H,7-10,13H2,1H3,(H,26,29). The smallest absolute Gasteiger partial charge is 0.253 e. The second-order valence-corrected chi connectivity index (χ2v) is 7.83. The van der Waals surface area contributed by atoms with E-state index < -0.39 is 0 Å². The fourth-order valence-electron chi connectivity index (χ4n) is 4.22. The molecule has 5 rings (SSSR count). The van der Waals surface area contributed by atoms with E-state index in [0.717, 1.165) is 29.3 Å². The number of carbonyl (C=O) groups is 1. The Hall–Kier alpha value is -3.19. The zero-order valence-electron chi connectivity index (χ0n) is 16.8. The number of fused-ring (bicyclic) bond motifs is 2. The molecule has 1 aliphatic heterocycles. The largest absolute Gasteiger partial charge is 0.381 e. The van der Waals surface area contributed by atoms with Crippen molar-refractivity contribution in [3.05, 3.63) is 65.7 Å². The lowest BCUT2D eigenvalue weighted by Gasteiger charge is -2.22. The topological polar surface area (TPSA) is 61.1 Å². The van der Waals surface area contributed by atoms with Crippen molar-refractivity contribution in [3.8, 4) is 0 Å². The SMILES string of the molecule is Cn1ncc2cc(Cn3cc(C(=O)NC4CCOCC4)c4c(F)cccc43)ccc21. The molecule has 0 saturated carbocycles. The lowest BCUT2D eigenvalue weighted by atomic mass is 10.1. The molecule has 2 aromatic carbocycles. The van der Waals surface area contributed by atoms with Gasteiger partial charge in [0.15, 0.2) is 0 Å². The van der Waals surface area contributed by atoms with E-state index in [1.807, 2.05) is 40.7 Å². The van der Waals surface area contributed by atoms with Crippen LogP contribution >= 0.6 is 0 Å². The second-order valence-electron chi connectivity index (χ2n) is 7.83. The van der Waals surface area contributed by atoms with Gasteiger partial charge in [-0.05, 0) is 42.7 Å². The number of aryl methyl sites for hydroxylation is 1. The molecule has 0 atom stereocenters. The van der Waals surface area contributed by atoms with E-state index in [1.54, 1.807) is 12.3 Å². The van der Waals surface area contributed by atoms with Crippen LogP contribution in [-0.4, -0.2) is 39.5 Å². The van der Waals surface area contributed by atoms with Crippen LogP contribution in [0.15, 0.2) is 48.8 Å². The van der Waals surface area contributed by atoms with Crippen molar-refractivity contribution < 1.29 is 13.9 Å². The third kappa shape index (κ3) is 3.35. The molecule has 7 heteroatoms. The van der Waals surface area contributed by atoms with Crippen LogP contribution in [0.3, 0.4) is 0 Å². The number of aromatic nitrogens is 3. The number of rotatable bonds is 4. The summed E-state index contributed by atoms with van der Waals surface area (Å²) in [5.41, 5.74) is 3.20. The van der Waals surface area contributed by atoms with Gasteiger partial charge in [0.05, 0.1) is 22.8 Å². The molecule has 0 bridgehead atoms. The minimum absolute atomic E-state index is 0.0596. The van der Waals surface area contributed by atoms with Crippen LogP contribution in [0, 0.1) is 5.82 Å². The summed E-state index contributed by atoms with van der Waals surface area (Å²) >= 11 is 0. The Kier molecular flexibility index (Phi) is 4.75. The molecule has 154 valence electrons. The normalized spacial score (nSPS) is 15.1. The van der Waals surface area contributed by atoms with Gasteiger partial charge in [0.1, 0.15) is 5.82 Å². The molecule has 6 nitrogen and oxygen atoms in total. The summed E-state index contributed by atoms with van der Waals surface area (Å²) in [4.78, 5) is 13.0. The summed E-state index contributed by atoms with van der Waals surface area (Å²) in [6.45, 7) is 1.81. The number of hydrogen-bond acceptors (Lipinski definition) is 3. The van der Waals surface area contributed by atoms with Crippen molar-refractivity contribution >= 4 is 27.7 Å². The van der Waals surface area contributed by atoms with E-state index in [4.69, 9.17) is 4.74 Å². The number of halogens is 1. The number of benzene rings is 2. The van der Waals surface area contributed by atoms with Gasteiger partial charge in [0.2, 0.25) is 0 Å². The highest BCUT2D eigenvalue weighted by Crippen LogP contribution is 2.26. The van der Waals surface area contributed by atoms with Crippen LogP contribution in [-0.2, 0) is 18.3 Å². The maximum Gasteiger partial charge on any atom is 0.253 e. The number of carbonyl (C=O) groups excluding carboxylic acids is 1. The van der Waals surface area contributed by atoms with Crippen molar-refractivity contribution in [2.24, 2.45) is 7.05 Å². The first-order chi connectivity index (χ1) is 14.6. The summed E-state index contributed by atoms with van der Waals surface area (Å²) in [5, 5.41) is 8.75. The number of amides is 1. The van der Waals surface area contributed by atoms with E-state index >= 15 is 0 Å². The number of nitrogens with one attached hydrogen (secondary N) is 1. The van der Waals surface area contributed by atoms with Crippen molar-refractivity contribution in [1.82, 2.24) is 19.7 Å². The van der Waals surface area contributed by atoms with Crippen LogP contribution in [0.5, 0.6) is 0 Å². The Balaban J connectivity index is 1.50. The van der Waals surface area contributed by atoms with E-state index in [1.165, 1.54) is 6.07 Å². The van der Waals surface area contributed by atoms with Gasteiger partial charge in [0, 0.05) is 49.8 Å². The van der Waals surface area contributed by atoms with Crippen molar-refractivity contribution in [1.29, 1.82) is 0 Å². The van der Waals surface area contributed by atoms with Gasteiger partial charge in [-0.3, -0.25) is 9.48 Å². The fourth-order valence-corrected chi connectivity index (χ4v) is 4.22. The highest BCUT2D eigenvalue weighted by atomic mass is 19.1. The maximum absolute atomic E-state index is 14.7. The summed E-state index contributed by atoms with van der Waals surface area (Å²) in [7, 11) is 1.91. The molecule has 1 saturated heterocycles. The van der Waals surface area contributed by atoms with Crippen LogP contribution < -0.4 is 5.32 Å². The molecule has 0 unspecified atom stereocenters. The summed E-state index contributed by atoms with van der Waals surface area (Å²) in [6.07, 6.45) is 5.14. The van der Waals surface area contributed by atoms with E-state index in [2.05, 4.69) is 16.5 Å². The van der Waals surface area contributed by atoms with Gasteiger partial charge in [-0.15, -0.1) is 0 Å². The Bertz CT molecular complexity index is 1240. The second kappa shape index (κ2) is 7.57. The lowest BCUT2D eigenvalue weighted by Crippen LogP contribution is -2.38. The van der Waals surface area contributed by atoms with Gasteiger partial charge in [-0.25, -0.2) is 4.39 Å². The fraction of sp³-hybridized carbons (Fsp3) is 0.304. The molecule has 1 amide bonds. The predicted molar refractivity (Wildman–Crippen MR) is 113 cm³/mol. The summed E-state index contributed by atoms with van der Waals surface area (Å²) < 4.78 is 23.9. The van der Waals surface area contributed by atoms with E-state index in [-0.39, 0.29) is 17.8 Å². The van der Waals surface area contributed by atoms with Gasteiger partial charge >= 0.3 is 0 Å². The van der Waals surface area contributed by atoms with Crippen molar-refractivity contribution in [2.75, 3.05) is 13.2 Å². The molecule has 1 fully saturated rings. The molecule has 1 aliphatic rings. The molecule has 4 aromatic rings. The highest BCUT2D eigenvalue weighted by Gasteiger charge is 2.22. The zero-order valence-corrected chi connectivity index (χ0v) is 16.8. The molecule has 2 aromatic heterocycles. The molecule has 0 aliphatic carbocycles. The molecule has 1 N–H and O–H groups in total. The van der Waals surface area contributed by atoms with Crippen molar-refractivity contribution in [2.45, 2.75) is 25.4 Å². The highest BCUT2D eigenvalue weighted by molar-refractivity contribution is 6.07. The van der Waals surface area contributed by atoms with Crippen molar-refractivity contribution in [3.63, 3.8) is 0 Å². The molecule has 30 heavy (non-hydrogen) atoms. The van der Waals surface area contributed by atoms with E-state index in [0.29, 0.717) is 36.2 Å². The van der Waals surface area contributed by atoms with Crippen LogP contribution in [0.25, 0.3) is 21.8 Å². The van der Waals surface area contributed by atoms with Gasteiger partial charge in [-0.2, -0.15) is 5.10 Å². The Morgan fingerprint density at radius 3 is 2.90 bits per heavy atom. The first kappa shape index (κ1) is 18.8. The molecular weight excluding hydrogens is 383 g/mol. The quantitative estimate of drug-likeness (QED) is 0.563. The lowest BCUT2D eigenvalue weighted by molar-refractivity contribution is 0.0697. The maximum atomic E-state index is 14.7. The minimum Gasteiger partial charge on any atom is -0.381 e. The third-order valence-electron chi connectivity index (χ3n) is 5.82. The third-order valence-corrected chi connectivity index (χ3v) is 5.82. The summed E-state index contributed by atoms with van der Waals surface area (Å²) in [5.74, 6) is -0.621. The van der Waals surface area contributed by atoms with Crippen LogP contribution in [0.1, 0.15) is 28.8 Å². The number of hydrogen-bond donors (Lipinski definition) is 1. The number of ether oxygens (including phenoxy) is 1. The minimum atomic E-state index is -0.383. The van der Waals surface area contributed by atoms with Crippen LogP contribution in [0.2, 0.25) is 0 Å². The van der Waals surface area contributed by atoms with Gasteiger partial charge < -0.3 is 14.6 Å². The molecule has 0 radical (unpaired) electrons. The monoisotopic (exact) mass is 406 g/mol. The average molecular weight is 406 g/mol. The zero-order chi connectivity index (χ0) is 20.7. The Morgan fingerprint density at radius 1 is 1.23 bits per heavy atom. The first-order valence-electron chi connectivity index (χ1n) is 10.2. The van der Waals surface area contributed by atoms with Gasteiger partial charge in [0.25, 0.3) is 5.91 Å². The van der Waals surface area contributed by atoms with Gasteiger partial charge in [-0.1, -0.05) is 12.1 Å². The number of nitrogens with zero attached hydrogens (tertiary/aromatic N) is 3. The van der Waals surface area contributed by atoms with E-state index in [9.17, 15) is 9.18 Å². The average Bonchev–Trinajstić information content (AvgIpc) is 3.31. The molecule has 3 heterocycles. The summed E-state index contributed by atoms with van der Waals surface area (Å²) in [6, 6.07) is 11.1. The predicted octanol–water partition coefficient (Wildman–Crippen LogP) is 3.62. The Morgan fingerprint density at radius 2 is 2.07 bits per heavy atom. The molecule has 0 spiro atoms. The first-order valence-corrected chi connectivity index (χ1v) is 10.2. The molecular formula is C23H23FN4O2. The van der Waals surface area contributed by atoms with Crippen LogP contribution in [0.4, 0.5) is 4.39 Å².